The number of aromatic nitrogens is 3. The van der Waals surface area contributed by atoms with Gasteiger partial charge >= 0.3 is 0 Å². The fourth-order valence-electron chi connectivity index (χ4n) is 4.99. The number of amides is 1. The Labute approximate surface area is 164 Å². The molecule has 0 aliphatic heterocycles. The summed E-state index contributed by atoms with van der Waals surface area (Å²) in [6, 6.07) is 2.15. The molecule has 0 radical (unpaired) electrons. The summed E-state index contributed by atoms with van der Waals surface area (Å²) in [7, 11) is 0. The smallest absolute Gasteiger partial charge is 0.236 e. The van der Waals surface area contributed by atoms with Gasteiger partial charge in [0.1, 0.15) is 5.76 Å². The molecule has 2 saturated carbocycles. The fourth-order valence-corrected chi connectivity index (χ4v) is 5.96. The van der Waals surface area contributed by atoms with Crippen LogP contribution in [0.2, 0.25) is 0 Å². The monoisotopic (exact) mass is 388 g/mol. The Hall–Kier alpha value is -1.76. The second-order valence-electron chi connectivity index (χ2n) is 8.17. The number of nitrogens with zero attached hydrogens (tertiary/aromatic N) is 3. The molecule has 2 bridgehead atoms. The lowest BCUT2D eigenvalue weighted by Gasteiger charge is -2.30. The number of anilines is 1. The van der Waals surface area contributed by atoms with Gasteiger partial charge in [-0.2, -0.15) is 0 Å². The highest BCUT2D eigenvalue weighted by atomic mass is 32.2. The predicted molar refractivity (Wildman–Crippen MR) is 106 cm³/mol. The van der Waals surface area contributed by atoms with Crippen LogP contribution < -0.4 is 5.32 Å². The highest BCUT2D eigenvalue weighted by Gasteiger charge is 2.43. The molecule has 7 heteroatoms. The Morgan fingerprint density at radius 1 is 1.37 bits per heavy atom. The molecule has 2 aliphatic carbocycles. The SMILES string of the molecule is Cc1cc(NC(=O)CSc2nc(C)c(C)n2[C@@H](C)[C@H]2C[C@H]3CC[C@H]2C3)no1. The summed E-state index contributed by atoms with van der Waals surface area (Å²) in [6.07, 6.45) is 5.55. The number of carbonyl (C=O) groups is 1. The Kier molecular flexibility index (Phi) is 5.05. The van der Waals surface area contributed by atoms with Crippen LogP contribution in [0.4, 0.5) is 5.82 Å². The zero-order valence-electron chi connectivity index (χ0n) is 16.5. The van der Waals surface area contributed by atoms with Crippen molar-refractivity contribution in [3.63, 3.8) is 0 Å². The molecule has 4 rings (SSSR count). The molecule has 0 spiro atoms. The third-order valence-electron chi connectivity index (χ3n) is 6.40. The van der Waals surface area contributed by atoms with Gasteiger partial charge < -0.3 is 14.4 Å². The first-order valence-electron chi connectivity index (χ1n) is 9.83. The first-order valence-corrected chi connectivity index (χ1v) is 10.8. The van der Waals surface area contributed by atoms with Crippen molar-refractivity contribution in [2.75, 3.05) is 11.1 Å². The molecule has 2 aliphatic rings. The van der Waals surface area contributed by atoms with Gasteiger partial charge in [-0.3, -0.25) is 4.79 Å². The molecule has 146 valence electrons. The Balaban J connectivity index is 1.45. The maximum Gasteiger partial charge on any atom is 0.236 e. The highest BCUT2D eigenvalue weighted by Crippen LogP contribution is 2.52. The second-order valence-corrected chi connectivity index (χ2v) is 9.12. The molecule has 27 heavy (non-hydrogen) atoms. The zero-order valence-corrected chi connectivity index (χ0v) is 17.3. The van der Waals surface area contributed by atoms with E-state index >= 15 is 0 Å². The van der Waals surface area contributed by atoms with Crippen molar-refractivity contribution in [1.29, 1.82) is 0 Å². The van der Waals surface area contributed by atoms with E-state index < -0.39 is 0 Å². The van der Waals surface area contributed by atoms with Crippen molar-refractivity contribution in [1.82, 2.24) is 14.7 Å². The van der Waals surface area contributed by atoms with Crippen LogP contribution in [0, 0.1) is 38.5 Å². The summed E-state index contributed by atoms with van der Waals surface area (Å²) in [5.41, 5.74) is 2.28. The minimum absolute atomic E-state index is 0.0919. The van der Waals surface area contributed by atoms with Crippen LogP contribution in [0.5, 0.6) is 0 Å². The lowest BCUT2D eigenvalue weighted by Crippen LogP contribution is -2.23. The van der Waals surface area contributed by atoms with Crippen LogP contribution in [0.1, 0.15) is 55.8 Å². The number of nitrogens with one attached hydrogen (secondary N) is 1. The van der Waals surface area contributed by atoms with E-state index in [0.29, 0.717) is 23.4 Å². The average molecular weight is 389 g/mol. The number of carbonyl (C=O) groups excluding carboxylic acids is 1. The zero-order chi connectivity index (χ0) is 19.1. The molecule has 2 heterocycles. The number of hydrogen-bond donors (Lipinski definition) is 1. The van der Waals surface area contributed by atoms with Crippen molar-refractivity contribution >= 4 is 23.5 Å². The van der Waals surface area contributed by atoms with Crippen LogP contribution >= 0.6 is 11.8 Å². The van der Waals surface area contributed by atoms with Crippen LogP contribution in [0.25, 0.3) is 0 Å². The second kappa shape index (κ2) is 7.34. The van der Waals surface area contributed by atoms with E-state index in [1.54, 1.807) is 13.0 Å². The number of thioether (sulfide) groups is 1. The van der Waals surface area contributed by atoms with Gasteiger partial charge in [0.05, 0.1) is 11.4 Å². The van der Waals surface area contributed by atoms with E-state index in [2.05, 4.69) is 35.8 Å². The number of fused-ring (bicyclic) bond motifs is 2. The number of imidazole rings is 1. The minimum atomic E-state index is -0.0919. The van der Waals surface area contributed by atoms with Gasteiger partial charge in [-0.05, 0) is 64.7 Å². The fraction of sp³-hybridized carbons (Fsp3) is 0.650. The standard InChI is InChI=1S/C20H28N4O2S/c1-11-7-18(23-26-11)22-19(25)10-27-20-21-12(2)13(3)24(20)14(4)17-9-15-5-6-16(17)8-15/h7,14-17H,5-6,8-10H2,1-4H3,(H,22,23,25)/t14-,15-,16-,17+/m0/s1. The van der Waals surface area contributed by atoms with Crippen LogP contribution in [-0.2, 0) is 4.79 Å². The summed E-state index contributed by atoms with van der Waals surface area (Å²) in [4.78, 5) is 17.0. The summed E-state index contributed by atoms with van der Waals surface area (Å²) >= 11 is 1.50. The van der Waals surface area contributed by atoms with Crippen LogP contribution in [0.3, 0.4) is 0 Å². The van der Waals surface area contributed by atoms with E-state index in [0.717, 1.165) is 28.6 Å². The average Bonchev–Trinajstić information content (AvgIpc) is 3.39. The normalized spacial score (nSPS) is 25.1. The Morgan fingerprint density at radius 3 is 2.81 bits per heavy atom. The quantitative estimate of drug-likeness (QED) is 0.736. The molecule has 1 amide bonds. The number of hydrogen-bond acceptors (Lipinski definition) is 5. The van der Waals surface area contributed by atoms with Gasteiger partial charge in [0.25, 0.3) is 0 Å². The molecule has 0 saturated heterocycles. The molecule has 1 N–H and O–H groups in total. The van der Waals surface area contributed by atoms with E-state index in [1.807, 2.05) is 0 Å². The molecule has 4 atom stereocenters. The van der Waals surface area contributed by atoms with Gasteiger partial charge in [-0.1, -0.05) is 23.3 Å². The molecule has 2 fully saturated rings. The van der Waals surface area contributed by atoms with E-state index in [4.69, 9.17) is 9.51 Å². The van der Waals surface area contributed by atoms with Gasteiger partial charge in [0, 0.05) is 17.8 Å². The Morgan fingerprint density at radius 2 is 2.19 bits per heavy atom. The molecular formula is C20H28N4O2S. The van der Waals surface area contributed by atoms with Crippen molar-refractivity contribution < 1.29 is 9.32 Å². The predicted octanol–water partition coefficient (Wildman–Crippen LogP) is 4.52. The summed E-state index contributed by atoms with van der Waals surface area (Å²) in [5.74, 6) is 3.89. The Bertz CT molecular complexity index is 843. The van der Waals surface area contributed by atoms with Crippen molar-refractivity contribution in [2.24, 2.45) is 17.8 Å². The van der Waals surface area contributed by atoms with Gasteiger partial charge in [0.15, 0.2) is 11.0 Å². The molecular weight excluding hydrogens is 360 g/mol. The molecule has 2 aromatic heterocycles. The molecule has 0 unspecified atom stereocenters. The lowest BCUT2D eigenvalue weighted by atomic mass is 9.84. The summed E-state index contributed by atoms with van der Waals surface area (Å²) in [5, 5.41) is 7.54. The van der Waals surface area contributed by atoms with Crippen molar-refractivity contribution in [2.45, 2.75) is 64.6 Å². The highest BCUT2D eigenvalue weighted by molar-refractivity contribution is 7.99. The van der Waals surface area contributed by atoms with Crippen LogP contribution in [0.15, 0.2) is 15.7 Å². The lowest BCUT2D eigenvalue weighted by molar-refractivity contribution is -0.113. The molecule has 6 nitrogen and oxygen atoms in total. The van der Waals surface area contributed by atoms with Crippen molar-refractivity contribution in [3.05, 3.63) is 23.2 Å². The van der Waals surface area contributed by atoms with Crippen molar-refractivity contribution in [3.8, 4) is 0 Å². The summed E-state index contributed by atoms with van der Waals surface area (Å²) in [6.45, 7) is 8.34. The van der Waals surface area contributed by atoms with Crippen LogP contribution in [-0.4, -0.2) is 26.4 Å². The molecule has 0 aromatic carbocycles. The minimum Gasteiger partial charge on any atom is -0.360 e. The number of aryl methyl sites for hydroxylation is 2. The van der Waals surface area contributed by atoms with Gasteiger partial charge in [0.2, 0.25) is 5.91 Å². The van der Waals surface area contributed by atoms with E-state index in [1.165, 1.54) is 43.1 Å². The van der Waals surface area contributed by atoms with E-state index in [9.17, 15) is 4.79 Å². The first kappa shape index (κ1) is 18.6. The maximum absolute atomic E-state index is 12.3. The van der Waals surface area contributed by atoms with E-state index in [-0.39, 0.29) is 5.91 Å². The van der Waals surface area contributed by atoms with Gasteiger partial charge in [-0.25, -0.2) is 4.98 Å². The molecule has 2 aromatic rings. The largest absolute Gasteiger partial charge is 0.360 e. The summed E-state index contributed by atoms with van der Waals surface area (Å²) < 4.78 is 7.36. The topological polar surface area (TPSA) is 73.0 Å². The third-order valence-corrected chi connectivity index (χ3v) is 7.35. The maximum atomic E-state index is 12.3. The number of rotatable bonds is 6. The first-order chi connectivity index (χ1) is 12.9. The third kappa shape index (κ3) is 3.66. The van der Waals surface area contributed by atoms with Gasteiger partial charge in [-0.15, -0.1) is 0 Å².